The third kappa shape index (κ3) is 6.69. The third-order valence-corrected chi connectivity index (χ3v) is 7.38. The number of thiocarbonyl (C=S) groups is 1. The molecule has 37 heavy (non-hydrogen) atoms. The van der Waals surface area contributed by atoms with Crippen molar-refractivity contribution in [1.29, 1.82) is 0 Å². The van der Waals surface area contributed by atoms with E-state index >= 15 is 0 Å². The highest BCUT2D eigenvalue weighted by molar-refractivity contribution is 8.26. The molecule has 1 fully saturated rings. The first-order valence-electron chi connectivity index (χ1n) is 12.7. The molecule has 0 unspecified atom stereocenters. The topological polar surface area (TPSA) is 56.6 Å². The van der Waals surface area contributed by atoms with Crippen LogP contribution in [0.4, 0.5) is 0 Å². The van der Waals surface area contributed by atoms with E-state index in [2.05, 4.69) is 13.0 Å². The molecule has 2 heterocycles. The molecule has 0 radical (unpaired) electrons. The van der Waals surface area contributed by atoms with E-state index in [9.17, 15) is 4.79 Å². The Morgan fingerprint density at radius 3 is 2.62 bits per heavy atom. The van der Waals surface area contributed by atoms with Gasteiger partial charge in [-0.15, -0.1) is 0 Å². The Morgan fingerprint density at radius 1 is 1.08 bits per heavy atom. The van der Waals surface area contributed by atoms with Crippen molar-refractivity contribution >= 4 is 40.3 Å². The Hall–Kier alpha value is -2.94. The van der Waals surface area contributed by atoms with Crippen molar-refractivity contribution < 1.29 is 14.3 Å². The Morgan fingerprint density at radius 2 is 1.89 bits per heavy atom. The summed E-state index contributed by atoms with van der Waals surface area (Å²) in [5.74, 6) is 0.815. The van der Waals surface area contributed by atoms with Crippen LogP contribution >= 0.6 is 24.0 Å². The van der Waals surface area contributed by atoms with Crippen molar-refractivity contribution in [3.63, 3.8) is 0 Å². The highest BCUT2D eigenvalue weighted by Gasteiger charge is 2.32. The van der Waals surface area contributed by atoms with Crippen LogP contribution in [-0.2, 0) is 9.53 Å². The Labute approximate surface area is 228 Å². The minimum Gasteiger partial charge on any atom is -0.493 e. The largest absolute Gasteiger partial charge is 0.493 e. The van der Waals surface area contributed by atoms with Gasteiger partial charge in [0.15, 0.2) is 0 Å². The monoisotopic (exact) mass is 535 g/mol. The van der Waals surface area contributed by atoms with Crippen LogP contribution < -0.4 is 4.74 Å². The minimum atomic E-state index is -0.0687. The summed E-state index contributed by atoms with van der Waals surface area (Å²) in [5.41, 5.74) is 4.62. The SMILES string of the molecule is CCCCOc1ccc(-c2nn(-c3ccccc3)cc2/C=C2\SC(=S)N(CCCOCC)C2=O)cc1C. The fraction of sp³-hybridized carbons (Fsp3) is 0.345. The van der Waals surface area contributed by atoms with Gasteiger partial charge >= 0.3 is 0 Å². The van der Waals surface area contributed by atoms with Crippen molar-refractivity contribution in [3.8, 4) is 22.7 Å². The van der Waals surface area contributed by atoms with Crippen LogP contribution in [0.15, 0.2) is 59.6 Å². The first kappa shape index (κ1) is 27.1. The Balaban J connectivity index is 1.66. The van der Waals surface area contributed by atoms with Gasteiger partial charge in [-0.1, -0.05) is 55.5 Å². The number of aryl methyl sites for hydroxylation is 1. The molecule has 1 aliphatic heterocycles. The highest BCUT2D eigenvalue weighted by atomic mass is 32.2. The van der Waals surface area contributed by atoms with E-state index in [1.807, 2.05) is 73.3 Å². The number of hydrogen-bond donors (Lipinski definition) is 0. The Bertz CT molecular complexity index is 1270. The molecule has 0 atom stereocenters. The van der Waals surface area contributed by atoms with Gasteiger partial charge in [-0.25, -0.2) is 4.68 Å². The second kappa shape index (κ2) is 13.0. The van der Waals surface area contributed by atoms with Gasteiger partial charge in [0.05, 0.1) is 17.2 Å². The first-order chi connectivity index (χ1) is 18.0. The van der Waals surface area contributed by atoms with Gasteiger partial charge < -0.3 is 9.47 Å². The van der Waals surface area contributed by atoms with Crippen LogP contribution in [0.1, 0.15) is 44.2 Å². The van der Waals surface area contributed by atoms with Crippen LogP contribution in [0, 0.1) is 6.92 Å². The molecule has 0 saturated carbocycles. The predicted octanol–water partition coefficient (Wildman–Crippen LogP) is 6.65. The van der Waals surface area contributed by atoms with Crippen molar-refractivity contribution in [2.75, 3.05) is 26.4 Å². The van der Waals surface area contributed by atoms with Crippen molar-refractivity contribution in [2.24, 2.45) is 0 Å². The van der Waals surface area contributed by atoms with Crippen LogP contribution in [0.25, 0.3) is 23.0 Å². The van der Waals surface area contributed by atoms with Gasteiger partial charge in [0.25, 0.3) is 5.91 Å². The average molecular weight is 536 g/mol. The summed E-state index contributed by atoms with van der Waals surface area (Å²) in [6.07, 6.45) is 6.74. The normalized spacial score (nSPS) is 14.7. The lowest BCUT2D eigenvalue weighted by atomic mass is 10.0. The number of thioether (sulfide) groups is 1. The molecule has 6 nitrogen and oxygen atoms in total. The number of nitrogens with zero attached hydrogens (tertiary/aromatic N) is 3. The summed E-state index contributed by atoms with van der Waals surface area (Å²) in [7, 11) is 0. The molecule has 8 heteroatoms. The summed E-state index contributed by atoms with van der Waals surface area (Å²) < 4.78 is 13.8. The zero-order valence-electron chi connectivity index (χ0n) is 21.6. The molecular weight excluding hydrogens is 502 g/mol. The summed E-state index contributed by atoms with van der Waals surface area (Å²) in [6.45, 7) is 8.69. The van der Waals surface area contributed by atoms with E-state index < -0.39 is 0 Å². The number of amides is 1. The molecule has 0 bridgehead atoms. The lowest BCUT2D eigenvalue weighted by Gasteiger charge is -2.13. The molecule has 1 amide bonds. The summed E-state index contributed by atoms with van der Waals surface area (Å²) in [5, 5.41) is 4.92. The van der Waals surface area contributed by atoms with E-state index in [0.717, 1.165) is 53.1 Å². The smallest absolute Gasteiger partial charge is 0.266 e. The number of benzene rings is 2. The summed E-state index contributed by atoms with van der Waals surface area (Å²) in [4.78, 5) is 15.5. The first-order valence-corrected chi connectivity index (χ1v) is 14.0. The second-order valence-corrected chi connectivity index (χ2v) is 10.5. The molecule has 3 aromatic rings. The van der Waals surface area contributed by atoms with Gasteiger partial charge in [-0.3, -0.25) is 9.69 Å². The van der Waals surface area contributed by atoms with Crippen molar-refractivity contribution in [3.05, 3.63) is 70.8 Å². The standard InChI is InChI=1S/C29H33N3O3S2/c1-4-6-17-35-25-14-13-22(18-21(25)3)27-23(20-32(30-27)24-11-8-7-9-12-24)19-26-28(33)31(29(36)37-26)15-10-16-34-5-2/h7-9,11-14,18-20H,4-6,10,15-17H2,1-3H3/b26-19-. The average Bonchev–Trinajstić information content (AvgIpc) is 3.44. The van der Waals surface area contributed by atoms with Crippen molar-refractivity contribution in [1.82, 2.24) is 14.7 Å². The summed E-state index contributed by atoms with van der Waals surface area (Å²) >= 11 is 6.86. The maximum atomic E-state index is 13.2. The van der Waals surface area contributed by atoms with Crippen molar-refractivity contribution in [2.45, 2.75) is 40.0 Å². The van der Waals surface area contributed by atoms with E-state index in [-0.39, 0.29) is 5.91 Å². The molecule has 4 rings (SSSR count). The molecule has 0 spiro atoms. The zero-order valence-corrected chi connectivity index (χ0v) is 23.2. The third-order valence-electron chi connectivity index (χ3n) is 6.00. The van der Waals surface area contributed by atoms with E-state index in [1.54, 1.807) is 4.90 Å². The van der Waals surface area contributed by atoms with Gasteiger partial charge in [0.1, 0.15) is 15.8 Å². The van der Waals surface area contributed by atoms with E-state index in [1.165, 1.54) is 11.8 Å². The number of unbranched alkanes of at least 4 members (excludes halogenated alkanes) is 1. The molecule has 0 N–H and O–H groups in total. The maximum Gasteiger partial charge on any atom is 0.266 e. The molecule has 1 aromatic heterocycles. The molecule has 0 aliphatic carbocycles. The molecular formula is C29H33N3O3S2. The molecule has 194 valence electrons. The Kier molecular flexibility index (Phi) is 9.55. The number of carbonyl (C=O) groups is 1. The maximum absolute atomic E-state index is 13.2. The highest BCUT2D eigenvalue weighted by Crippen LogP contribution is 2.35. The minimum absolute atomic E-state index is 0.0687. The number of rotatable bonds is 12. The fourth-order valence-corrected chi connectivity index (χ4v) is 5.32. The van der Waals surface area contributed by atoms with Gasteiger partial charge in [0.2, 0.25) is 0 Å². The lowest BCUT2D eigenvalue weighted by Crippen LogP contribution is -2.29. The fourth-order valence-electron chi connectivity index (χ4n) is 4.02. The number of carbonyl (C=O) groups excluding carboxylic acids is 1. The predicted molar refractivity (Wildman–Crippen MR) is 155 cm³/mol. The van der Waals surface area contributed by atoms with Gasteiger partial charge in [0, 0.05) is 37.1 Å². The van der Waals surface area contributed by atoms with Crippen LogP contribution in [-0.4, -0.2) is 51.3 Å². The zero-order chi connectivity index (χ0) is 26.2. The molecule has 1 saturated heterocycles. The number of ether oxygens (including phenoxy) is 2. The lowest BCUT2D eigenvalue weighted by molar-refractivity contribution is -0.122. The number of aromatic nitrogens is 2. The summed E-state index contributed by atoms with van der Waals surface area (Å²) in [6, 6.07) is 16.1. The number of hydrogen-bond acceptors (Lipinski definition) is 6. The number of para-hydroxylation sites is 1. The van der Waals surface area contributed by atoms with E-state index in [4.69, 9.17) is 26.8 Å². The van der Waals surface area contributed by atoms with Gasteiger partial charge in [-0.2, -0.15) is 5.10 Å². The second-order valence-electron chi connectivity index (χ2n) is 8.78. The quantitative estimate of drug-likeness (QED) is 0.147. The van der Waals surface area contributed by atoms with Crippen LogP contribution in [0.2, 0.25) is 0 Å². The van der Waals surface area contributed by atoms with Crippen LogP contribution in [0.3, 0.4) is 0 Å². The molecule has 1 aliphatic rings. The molecule has 2 aromatic carbocycles. The van der Waals surface area contributed by atoms with Gasteiger partial charge in [-0.05, 0) is 68.7 Å². The van der Waals surface area contributed by atoms with E-state index in [0.29, 0.717) is 35.6 Å². The van der Waals surface area contributed by atoms with Crippen LogP contribution in [0.5, 0.6) is 5.75 Å².